The van der Waals surface area contributed by atoms with Gasteiger partial charge < -0.3 is 15.8 Å². The van der Waals surface area contributed by atoms with E-state index in [0.717, 1.165) is 31.9 Å². The van der Waals surface area contributed by atoms with E-state index in [4.69, 9.17) is 10.5 Å². The van der Waals surface area contributed by atoms with Crippen LogP contribution < -0.4 is 15.8 Å². The van der Waals surface area contributed by atoms with Crippen LogP contribution in [0, 0.1) is 0 Å². The minimum atomic E-state index is -0.242. The zero-order valence-electron chi connectivity index (χ0n) is 11.3. The van der Waals surface area contributed by atoms with E-state index in [1.165, 1.54) is 5.56 Å². The molecule has 0 spiro atoms. The number of nitrogens with one attached hydrogen (secondary N) is 1. The Morgan fingerprint density at radius 3 is 2.84 bits per heavy atom. The fraction of sp³-hybridized carbons (Fsp3) is 0.500. The van der Waals surface area contributed by atoms with Gasteiger partial charge in [0, 0.05) is 38.6 Å². The molecule has 5 heteroatoms. The number of nitrogens with zero attached hydrogens (tertiary/aromatic N) is 1. The van der Waals surface area contributed by atoms with Crippen LogP contribution in [0.3, 0.4) is 0 Å². The van der Waals surface area contributed by atoms with Crippen LogP contribution in [0.1, 0.15) is 12.0 Å². The maximum atomic E-state index is 11.1. The van der Waals surface area contributed by atoms with Crippen molar-refractivity contribution in [1.29, 1.82) is 0 Å². The first-order chi connectivity index (χ1) is 9.19. The lowest BCUT2D eigenvalue weighted by molar-refractivity contribution is -0.119. The van der Waals surface area contributed by atoms with Crippen molar-refractivity contribution < 1.29 is 9.53 Å². The SMILES string of the molecule is COc1ccc(CN2CCNCC2CC(N)=O)cc1. The van der Waals surface area contributed by atoms with Crippen molar-refractivity contribution in [3.05, 3.63) is 29.8 Å². The van der Waals surface area contributed by atoms with Gasteiger partial charge in [-0.05, 0) is 17.7 Å². The van der Waals surface area contributed by atoms with Crippen molar-refractivity contribution in [3.8, 4) is 5.75 Å². The Kier molecular flexibility index (Phi) is 4.76. The first-order valence-electron chi connectivity index (χ1n) is 6.55. The minimum Gasteiger partial charge on any atom is -0.497 e. The molecule has 1 heterocycles. The molecule has 1 aromatic carbocycles. The van der Waals surface area contributed by atoms with Gasteiger partial charge in [0.1, 0.15) is 5.75 Å². The lowest BCUT2D eigenvalue weighted by Crippen LogP contribution is -2.51. The maximum absolute atomic E-state index is 11.1. The summed E-state index contributed by atoms with van der Waals surface area (Å²) in [6.07, 6.45) is 0.406. The monoisotopic (exact) mass is 263 g/mol. The highest BCUT2D eigenvalue weighted by Crippen LogP contribution is 2.16. The molecule has 1 atom stereocenters. The lowest BCUT2D eigenvalue weighted by atomic mass is 10.1. The number of hydrogen-bond donors (Lipinski definition) is 2. The molecule has 5 nitrogen and oxygen atoms in total. The molecule has 1 aliphatic heterocycles. The molecule has 0 aliphatic carbocycles. The largest absolute Gasteiger partial charge is 0.497 e. The van der Waals surface area contributed by atoms with Gasteiger partial charge in [-0.15, -0.1) is 0 Å². The number of carbonyl (C=O) groups is 1. The average Bonchev–Trinajstić information content (AvgIpc) is 2.41. The summed E-state index contributed by atoms with van der Waals surface area (Å²) in [5.74, 6) is 0.617. The first-order valence-corrected chi connectivity index (χ1v) is 6.55. The third-order valence-corrected chi connectivity index (χ3v) is 3.45. The van der Waals surface area contributed by atoms with Gasteiger partial charge in [-0.3, -0.25) is 9.69 Å². The summed E-state index contributed by atoms with van der Waals surface area (Å²) >= 11 is 0. The van der Waals surface area contributed by atoms with Crippen LogP contribution in [-0.4, -0.2) is 43.6 Å². The van der Waals surface area contributed by atoms with Crippen molar-refractivity contribution in [2.45, 2.75) is 19.0 Å². The summed E-state index contributed by atoms with van der Waals surface area (Å²) in [4.78, 5) is 13.4. The molecule has 1 saturated heterocycles. The predicted molar refractivity (Wildman–Crippen MR) is 73.9 cm³/mol. The van der Waals surface area contributed by atoms with Crippen LogP contribution in [-0.2, 0) is 11.3 Å². The highest BCUT2D eigenvalue weighted by molar-refractivity contribution is 5.74. The Morgan fingerprint density at radius 1 is 1.47 bits per heavy atom. The van der Waals surface area contributed by atoms with Gasteiger partial charge in [0.25, 0.3) is 0 Å². The topological polar surface area (TPSA) is 67.6 Å². The van der Waals surface area contributed by atoms with Crippen molar-refractivity contribution in [2.75, 3.05) is 26.7 Å². The third kappa shape index (κ3) is 3.94. The van der Waals surface area contributed by atoms with Crippen LogP contribution in [0.4, 0.5) is 0 Å². The van der Waals surface area contributed by atoms with E-state index in [1.54, 1.807) is 7.11 Å². The fourth-order valence-electron chi connectivity index (χ4n) is 2.41. The second-order valence-corrected chi connectivity index (χ2v) is 4.85. The molecule has 0 aromatic heterocycles. The number of nitrogens with two attached hydrogens (primary N) is 1. The Balaban J connectivity index is 1.99. The summed E-state index contributed by atoms with van der Waals surface area (Å²) in [6.45, 7) is 3.54. The number of benzene rings is 1. The average molecular weight is 263 g/mol. The first kappa shape index (κ1) is 13.8. The van der Waals surface area contributed by atoms with E-state index in [0.29, 0.717) is 6.42 Å². The number of primary amides is 1. The molecule has 104 valence electrons. The zero-order valence-corrected chi connectivity index (χ0v) is 11.3. The van der Waals surface area contributed by atoms with Gasteiger partial charge in [0.15, 0.2) is 0 Å². The molecule has 1 unspecified atom stereocenters. The van der Waals surface area contributed by atoms with Crippen LogP contribution >= 0.6 is 0 Å². The van der Waals surface area contributed by atoms with Crippen LogP contribution in [0.25, 0.3) is 0 Å². The van der Waals surface area contributed by atoms with Gasteiger partial charge in [-0.1, -0.05) is 12.1 Å². The number of amides is 1. The van der Waals surface area contributed by atoms with Gasteiger partial charge in [0.2, 0.25) is 5.91 Å². The van der Waals surface area contributed by atoms with E-state index in [9.17, 15) is 4.79 Å². The van der Waals surface area contributed by atoms with E-state index in [-0.39, 0.29) is 11.9 Å². The molecule has 0 bridgehead atoms. The smallest absolute Gasteiger partial charge is 0.219 e. The molecule has 1 amide bonds. The number of ether oxygens (including phenoxy) is 1. The molecule has 3 N–H and O–H groups in total. The van der Waals surface area contributed by atoms with E-state index in [1.807, 2.05) is 12.1 Å². The summed E-state index contributed by atoms with van der Waals surface area (Å²) in [5.41, 5.74) is 6.53. The molecule has 0 radical (unpaired) electrons. The number of methoxy groups -OCH3 is 1. The Morgan fingerprint density at radius 2 is 2.21 bits per heavy atom. The molecular formula is C14H21N3O2. The molecule has 1 aliphatic rings. The highest BCUT2D eigenvalue weighted by atomic mass is 16.5. The number of rotatable bonds is 5. The van der Waals surface area contributed by atoms with Gasteiger partial charge in [-0.2, -0.15) is 0 Å². The summed E-state index contributed by atoms with van der Waals surface area (Å²) in [6, 6.07) is 8.22. The quantitative estimate of drug-likeness (QED) is 0.804. The number of carbonyl (C=O) groups excluding carboxylic acids is 1. The molecule has 19 heavy (non-hydrogen) atoms. The van der Waals surface area contributed by atoms with Crippen molar-refractivity contribution >= 4 is 5.91 Å². The van der Waals surface area contributed by atoms with Gasteiger partial charge in [0.05, 0.1) is 7.11 Å². The maximum Gasteiger partial charge on any atom is 0.219 e. The lowest BCUT2D eigenvalue weighted by Gasteiger charge is -2.35. The van der Waals surface area contributed by atoms with E-state index >= 15 is 0 Å². The van der Waals surface area contributed by atoms with Crippen molar-refractivity contribution in [2.24, 2.45) is 5.73 Å². The molecular weight excluding hydrogens is 242 g/mol. The second-order valence-electron chi connectivity index (χ2n) is 4.85. The fourth-order valence-corrected chi connectivity index (χ4v) is 2.41. The van der Waals surface area contributed by atoms with Crippen LogP contribution in [0.15, 0.2) is 24.3 Å². The van der Waals surface area contributed by atoms with Crippen LogP contribution in [0.5, 0.6) is 5.75 Å². The molecule has 1 aromatic rings. The summed E-state index contributed by atoms with van der Waals surface area (Å²) in [5, 5.41) is 3.30. The second kappa shape index (κ2) is 6.54. The molecule has 0 saturated carbocycles. The van der Waals surface area contributed by atoms with Crippen molar-refractivity contribution in [1.82, 2.24) is 10.2 Å². The summed E-state index contributed by atoms with van der Waals surface area (Å²) in [7, 11) is 1.66. The normalized spacial score (nSPS) is 20.2. The van der Waals surface area contributed by atoms with Gasteiger partial charge in [-0.25, -0.2) is 0 Å². The zero-order chi connectivity index (χ0) is 13.7. The predicted octanol–water partition coefficient (Wildman–Crippen LogP) is 0.344. The number of hydrogen-bond acceptors (Lipinski definition) is 4. The standard InChI is InChI=1S/C14H21N3O2/c1-19-13-4-2-11(3-5-13)10-17-7-6-16-9-12(17)8-14(15)18/h2-5,12,16H,6-10H2,1H3,(H2,15,18). The Labute approximate surface area is 113 Å². The Bertz CT molecular complexity index is 419. The molecule has 2 rings (SSSR count). The van der Waals surface area contributed by atoms with Gasteiger partial charge >= 0.3 is 0 Å². The van der Waals surface area contributed by atoms with E-state index < -0.39 is 0 Å². The van der Waals surface area contributed by atoms with Crippen molar-refractivity contribution in [3.63, 3.8) is 0 Å². The summed E-state index contributed by atoms with van der Waals surface area (Å²) < 4.78 is 5.15. The Hall–Kier alpha value is -1.59. The van der Waals surface area contributed by atoms with Crippen LogP contribution in [0.2, 0.25) is 0 Å². The van der Waals surface area contributed by atoms with E-state index in [2.05, 4.69) is 22.3 Å². The third-order valence-electron chi connectivity index (χ3n) is 3.45. The molecule has 1 fully saturated rings. The minimum absolute atomic E-state index is 0.188. The number of piperazine rings is 1. The highest BCUT2D eigenvalue weighted by Gasteiger charge is 2.23.